The summed E-state index contributed by atoms with van der Waals surface area (Å²) in [7, 11) is 0. The molecule has 66 heavy (non-hydrogen) atoms. The summed E-state index contributed by atoms with van der Waals surface area (Å²) in [6, 6.07) is 29.9. The number of nitrogens with one attached hydrogen (secondary N) is 6. The number of amides is 4. The highest BCUT2D eigenvalue weighted by atomic mass is 32.2. The van der Waals surface area contributed by atoms with E-state index in [1.54, 1.807) is 97.2 Å². The molecule has 0 saturated carbocycles. The highest BCUT2D eigenvalue weighted by molar-refractivity contribution is 8.08. The number of hydrazone groups is 1. The molecule has 0 heterocycles. The van der Waals surface area contributed by atoms with Crippen LogP contribution in [-0.2, 0) is 30.3 Å². The first kappa shape index (κ1) is 55.9. The Balaban J connectivity index is 0.000000441. The van der Waals surface area contributed by atoms with Gasteiger partial charge < -0.3 is 43.0 Å². The van der Waals surface area contributed by atoms with Crippen molar-refractivity contribution in [1.82, 2.24) is 5.43 Å². The van der Waals surface area contributed by atoms with Crippen molar-refractivity contribution in [2.75, 3.05) is 21.3 Å². The van der Waals surface area contributed by atoms with Crippen LogP contribution in [0.3, 0.4) is 0 Å². The van der Waals surface area contributed by atoms with Crippen LogP contribution in [0.15, 0.2) is 133 Å². The maximum Gasteiger partial charge on any atom is 0.238 e. The molecule has 23 nitrogen and oxygen atoms in total. The van der Waals surface area contributed by atoms with E-state index in [0.29, 0.717) is 29.0 Å². The van der Waals surface area contributed by atoms with Gasteiger partial charge in [-0.1, -0.05) is 53.6 Å². The molecule has 14 N–H and O–H groups in total. The summed E-state index contributed by atoms with van der Waals surface area (Å²) < 4.78 is 27.5. The van der Waals surface area contributed by atoms with Crippen LogP contribution in [0.25, 0.3) is 0 Å². The Kier molecular flexibility index (Phi) is 27.5. The van der Waals surface area contributed by atoms with Gasteiger partial charge in [-0.3, -0.25) is 29.2 Å². The molecule has 1 unspecified atom stereocenters. The number of rotatable bonds is 12. The fourth-order valence-electron chi connectivity index (χ4n) is 4.08. The van der Waals surface area contributed by atoms with Gasteiger partial charge in [-0.05, 0) is 83.0 Å². The Hall–Kier alpha value is -8.13. The van der Waals surface area contributed by atoms with Gasteiger partial charge in [0.25, 0.3) is 0 Å². The highest BCUT2D eigenvalue weighted by Gasteiger charge is 1.99. The lowest BCUT2D eigenvalue weighted by atomic mass is 10.2. The molecular weight excluding hydrogens is 913 g/mol. The van der Waals surface area contributed by atoms with Crippen molar-refractivity contribution in [3.8, 4) is 0 Å². The summed E-state index contributed by atoms with van der Waals surface area (Å²) in [6.07, 6.45) is 5.94. The number of benzene rings is 4. The molecule has 1 atom stereocenters. The smallest absolute Gasteiger partial charge is 0.238 e. The number of hydrogen-bond donors (Lipinski definition) is 11. The number of anilines is 4. The Morgan fingerprint density at radius 1 is 0.606 bits per heavy atom. The Morgan fingerprint density at radius 3 is 1.21 bits per heavy atom. The van der Waals surface area contributed by atoms with Crippen molar-refractivity contribution in [3.63, 3.8) is 0 Å². The summed E-state index contributed by atoms with van der Waals surface area (Å²) >= 11 is 2.61. The number of nitrogens with two attached hydrogens (primary N) is 3. The first-order valence-corrected chi connectivity index (χ1v) is 20.6. The van der Waals surface area contributed by atoms with E-state index in [4.69, 9.17) is 31.7 Å². The lowest BCUT2D eigenvalue weighted by molar-refractivity contribution is -0.115. The van der Waals surface area contributed by atoms with Gasteiger partial charge in [0.2, 0.25) is 45.0 Å². The van der Waals surface area contributed by atoms with Crippen LogP contribution >= 0.6 is 24.3 Å². The van der Waals surface area contributed by atoms with Crippen molar-refractivity contribution in [1.29, 1.82) is 5.41 Å². The molecule has 4 aromatic rings. The van der Waals surface area contributed by atoms with E-state index in [1.807, 2.05) is 12.1 Å². The van der Waals surface area contributed by atoms with Crippen molar-refractivity contribution in [2.45, 2.75) is 27.7 Å². The van der Waals surface area contributed by atoms with Crippen LogP contribution < -0.4 is 43.9 Å². The maximum absolute atomic E-state index is 10.8. The van der Waals surface area contributed by atoms with Gasteiger partial charge in [-0.25, -0.2) is 9.62 Å². The van der Waals surface area contributed by atoms with Crippen LogP contribution in [0, 0.1) is 5.41 Å². The summed E-state index contributed by atoms with van der Waals surface area (Å²) in [5.74, 6) is -0.482. The number of carbonyl (C=O) groups is 4. The third-order valence-electron chi connectivity index (χ3n) is 6.63. The largest absolute Gasteiger partial charge is 0.375 e. The molecule has 0 spiro atoms. The zero-order valence-electron chi connectivity index (χ0n) is 35.6. The van der Waals surface area contributed by atoms with E-state index in [-0.39, 0.29) is 33.9 Å². The number of carbonyl (C=O) groups excluding carboxylic acids is 4. The molecule has 0 saturated heterocycles. The number of amidine groups is 2. The molecule has 0 aliphatic carbocycles. The fourth-order valence-corrected chi connectivity index (χ4v) is 4.33. The van der Waals surface area contributed by atoms with Crippen molar-refractivity contribution in [2.24, 2.45) is 52.9 Å². The minimum absolute atomic E-state index is 0.0314. The van der Waals surface area contributed by atoms with Gasteiger partial charge in [0.15, 0.2) is 5.11 Å². The van der Waals surface area contributed by atoms with Crippen LogP contribution in [0.4, 0.5) is 22.7 Å². The van der Waals surface area contributed by atoms with E-state index in [2.05, 4.69) is 74.6 Å². The van der Waals surface area contributed by atoms with Crippen molar-refractivity contribution in [3.05, 3.63) is 119 Å². The van der Waals surface area contributed by atoms with Gasteiger partial charge >= 0.3 is 0 Å². The van der Waals surface area contributed by atoms with Crippen LogP contribution in [-0.4, -0.2) is 83.3 Å². The average molecular weight is 959 g/mol. The molecule has 0 bridgehead atoms. The molecule has 0 aliphatic rings. The van der Waals surface area contributed by atoms with Crippen molar-refractivity contribution < 1.29 is 32.5 Å². The maximum atomic E-state index is 10.8. The number of nitrogens with zero attached hydrogens (tertiary/aromatic N) is 7. The van der Waals surface area contributed by atoms with E-state index in [0.717, 1.165) is 28.1 Å². The molecule has 4 rings (SSSR count). The van der Waals surface area contributed by atoms with E-state index >= 15 is 0 Å². The van der Waals surface area contributed by atoms with Gasteiger partial charge in [0.1, 0.15) is 6.01 Å². The van der Waals surface area contributed by atoms with E-state index < -0.39 is 16.2 Å². The van der Waals surface area contributed by atoms with Gasteiger partial charge in [0, 0.05) is 50.4 Å². The highest BCUT2D eigenvalue weighted by Crippen LogP contribution is 2.11. The molecule has 4 amide bonds. The summed E-state index contributed by atoms with van der Waals surface area (Å²) in [5, 5.41) is 41.4. The molecule has 0 radical (unpaired) electrons. The molecule has 26 heteroatoms. The second kappa shape index (κ2) is 32.5. The Morgan fingerprint density at radius 2 is 0.924 bits per heavy atom. The third kappa shape index (κ3) is 28.5. The lowest BCUT2D eigenvalue weighted by Crippen LogP contribution is -2.23. The first-order chi connectivity index (χ1) is 31.4. The number of thiocarbonyl (C=S) groups is 1. The SMILES string of the molecule is CC(=O)Nc1ccc(/C=N/N=C(\N)S(=O)O)cc1.CC(=O)Nc1ccc(/C=N/N=C(\N)SO)cc1.CC(=O)Nc1ccc(/C=N/N=C=N)cc1.CC(=O)Nc1ccc(/C=N/NC(N)=S)cc1. The molecule has 0 fully saturated rings. The normalized spacial score (nSPS) is 11.4. The van der Waals surface area contributed by atoms with E-state index in [1.165, 1.54) is 46.3 Å². The molecule has 4 aromatic carbocycles. The standard InChI is InChI=1S/C10H12N4O3S.C10H12N4O2S.C10H12N4OS.C10H10N4O/c1-7(15)13-9-4-2-8(3-5-9)6-12-14-10(11)18(16)17;1-7(15)13-9-4-2-8(3-5-9)6-12-14-10(11)17-16;1-7(15)13-9-4-2-8(3-5-9)6-12-14-10(11)16;1-8(15)14-10-4-2-9(3-5-10)6-12-13-7-11/h2-6H,1H3,(H2,11,14)(H,13,15)(H,16,17);2-6,16H,1H3,(H2,11,14)(H,13,15);2-6H,1H3,(H,13,15)(H3,11,14,16);2-6,11H,1H3,(H,14,15)/b4*12-6+. The van der Waals surface area contributed by atoms with Crippen LogP contribution in [0.5, 0.6) is 0 Å². The molecular formula is C40H46N16O7S3. The molecule has 346 valence electrons. The Labute approximate surface area is 391 Å². The van der Waals surface area contributed by atoms with Crippen LogP contribution in [0.1, 0.15) is 49.9 Å². The predicted octanol–water partition coefficient (Wildman–Crippen LogP) is 4.56. The lowest BCUT2D eigenvalue weighted by Gasteiger charge is -2.01. The average Bonchev–Trinajstić information content (AvgIpc) is 3.26. The topological polar surface area (TPSA) is 374 Å². The second-order valence-electron chi connectivity index (χ2n) is 12.1. The fraction of sp³-hybridized carbons (Fsp3) is 0.100. The Bertz CT molecular complexity index is 2470. The van der Waals surface area contributed by atoms with Crippen molar-refractivity contribution >= 4 is 128 Å². The number of hydrogen-bond acceptors (Lipinski definition) is 16. The third-order valence-corrected chi connectivity index (χ3v) is 7.43. The summed E-state index contributed by atoms with van der Waals surface area (Å²) in [6.45, 7) is 5.77. The minimum Gasteiger partial charge on any atom is -0.375 e. The predicted molar refractivity (Wildman–Crippen MR) is 268 cm³/mol. The second-order valence-corrected chi connectivity index (χ2v) is 14.1. The van der Waals surface area contributed by atoms with Crippen LogP contribution in [0.2, 0.25) is 0 Å². The summed E-state index contributed by atoms with van der Waals surface area (Å²) in [4.78, 5) is 43.1. The molecule has 0 aliphatic heterocycles. The summed E-state index contributed by atoms with van der Waals surface area (Å²) in [5.41, 5.74) is 24.0. The molecule has 0 aromatic heterocycles. The van der Waals surface area contributed by atoms with Gasteiger partial charge in [-0.15, -0.1) is 15.3 Å². The first-order valence-electron chi connectivity index (χ1n) is 18.3. The quantitative estimate of drug-likeness (QED) is 0.0232. The monoisotopic (exact) mass is 958 g/mol. The van der Waals surface area contributed by atoms with Gasteiger partial charge in [0.05, 0.1) is 36.9 Å². The van der Waals surface area contributed by atoms with Gasteiger partial charge in [-0.2, -0.15) is 15.3 Å². The van der Waals surface area contributed by atoms with E-state index in [9.17, 15) is 23.4 Å². The zero-order valence-corrected chi connectivity index (χ0v) is 38.0. The zero-order chi connectivity index (χ0) is 49.3. The minimum atomic E-state index is -2.31.